The average molecular weight is 545 g/mol. The first kappa shape index (κ1) is 26.4. The zero-order valence-corrected chi connectivity index (χ0v) is 22.1. The molecule has 0 saturated heterocycles. The Morgan fingerprint density at radius 2 is 1.78 bits per heavy atom. The lowest BCUT2D eigenvalue weighted by Gasteiger charge is -2.23. The fourth-order valence-corrected chi connectivity index (χ4v) is 4.92. The highest BCUT2D eigenvalue weighted by atomic mass is 35.5. The number of sulfonamides is 1. The number of hydrogen-bond donors (Lipinski definition) is 1. The first-order valence-corrected chi connectivity index (χ1v) is 13.1. The molecule has 0 amide bonds. The molecule has 1 N–H and O–H groups in total. The van der Waals surface area contributed by atoms with E-state index >= 15 is 0 Å². The lowest BCUT2D eigenvalue weighted by Crippen LogP contribution is -2.33. The van der Waals surface area contributed by atoms with E-state index in [2.05, 4.69) is 34.9 Å². The minimum atomic E-state index is -4.07. The highest BCUT2D eigenvalue weighted by Crippen LogP contribution is 2.31. The Morgan fingerprint density at radius 1 is 1.03 bits per heavy atom. The van der Waals surface area contributed by atoms with Gasteiger partial charge in [0.2, 0.25) is 21.9 Å². The summed E-state index contributed by atoms with van der Waals surface area (Å²) < 4.78 is 41.9. The van der Waals surface area contributed by atoms with Crippen LogP contribution in [0.3, 0.4) is 0 Å². The third-order valence-electron chi connectivity index (χ3n) is 5.71. The number of methoxy groups -OCH3 is 2. The number of hydrogen-bond acceptors (Lipinski definition) is 10. The van der Waals surface area contributed by atoms with E-state index in [0.717, 1.165) is 5.56 Å². The maximum absolute atomic E-state index is 13.5. The molecular weight excluding hydrogens is 520 g/mol. The van der Waals surface area contributed by atoms with Crippen LogP contribution in [-0.4, -0.2) is 62.6 Å². The number of nitrogens with zero attached hydrogens (tertiary/aromatic N) is 7. The van der Waals surface area contributed by atoms with E-state index in [4.69, 9.17) is 21.1 Å². The van der Waals surface area contributed by atoms with Crippen molar-refractivity contribution in [2.75, 3.05) is 18.9 Å². The third kappa shape index (κ3) is 5.68. The Bertz CT molecular complexity index is 1450. The van der Waals surface area contributed by atoms with Gasteiger partial charge in [0.25, 0.3) is 0 Å². The normalized spacial score (nSPS) is 14.1. The van der Waals surface area contributed by atoms with Gasteiger partial charge < -0.3 is 9.47 Å². The molecule has 37 heavy (non-hydrogen) atoms. The summed E-state index contributed by atoms with van der Waals surface area (Å²) in [6.07, 6.45) is 5.13. The van der Waals surface area contributed by atoms with Crippen molar-refractivity contribution in [1.29, 1.82) is 0 Å². The van der Waals surface area contributed by atoms with Crippen LogP contribution >= 0.6 is 11.6 Å². The number of pyridine rings is 2. The predicted octanol–water partition coefficient (Wildman–Crippen LogP) is 3.31. The summed E-state index contributed by atoms with van der Waals surface area (Å²) in [5, 5.41) is 7.65. The Balaban J connectivity index is 1.75. The molecule has 4 rings (SSSR count). The van der Waals surface area contributed by atoms with Crippen LogP contribution in [0.4, 0.5) is 5.95 Å². The highest BCUT2D eigenvalue weighted by molar-refractivity contribution is 7.93. The number of aromatic nitrogens is 7. The molecule has 0 fully saturated rings. The summed E-state index contributed by atoms with van der Waals surface area (Å²) in [5.41, 5.74) is 1.26. The summed E-state index contributed by atoms with van der Waals surface area (Å²) in [4.78, 5) is 16.9. The predicted molar refractivity (Wildman–Crippen MR) is 137 cm³/mol. The van der Waals surface area contributed by atoms with Gasteiger partial charge in [-0.05, 0) is 31.5 Å². The first-order valence-electron chi connectivity index (χ1n) is 11.1. The monoisotopic (exact) mass is 544 g/mol. The van der Waals surface area contributed by atoms with Crippen molar-refractivity contribution < 1.29 is 17.9 Å². The number of anilines is 1. The van der Waals surface area contributed by atoms with Crippen LogP contribution in [0.15, 0.2) is 55.1 Å². The van der Waals surface area contributed by atoms with E-state index in [0.29, 0.717) is 22.4 Å². The van der Waals surface area contributed by atoms with Gasteiger partial charge in [-0.15, -0.1) is 10.2 Å². The molecule has 4 heterocycles. The zero-order valence-electron chi connectivity index (χ0n) is 20.5. The second-order valence-electron chi connectivity index (χ2n) is 8.01. The smallest absolute Gasteiger partial charge is 0.240 e. The molecule has 0 saturated carbocycles. The van der Waals surface area contributed by atoms with Gasteiger partial charge in [0.15, 0.2) is 11.6 Å². The number of halogens is 1. The minimum Gasteiger partial charge on any atom is -0.481 e. The van der Waals surface area contributed by atoms with Gasteiger partial charge >= 0.3 is 0 Å². The van der Waals surface area contributed by atoms with Crippen LogP contribution < -0.4 is 9.46 Å². The topological polar surface area (TPSA) is 147 Å². The molecular formula is C23H25ClN8O4S. The van der Waals surface area contributed by atoms with Crippen LogP contribution in [0.5, 0.6) is 5.88 Å². The average Bonchev–Trinajstić information content (AvgIpc) is 3.32. The molecule has 0 aliphatic heterocycles. The lowest BCUT2D eigenvalue weighted by molar-refractivity contribution is 0.0950. The van der Waals surface area contributed by atoms with E-state index in [9.17, 15) is 8.42 Å². The Labute approximate surface area is 219 Å². The highest BCUT2D eigenvalue weighted by Gasteiger charge is 2.35. The molecule has 0 radical (unpaired) electrons. The second kappa shape index (κ2) is 11.2. The van der Waals surface area contributed by atoms with Crippen molar-refractivity contribution in [3.05, 3.63) is 71.5 Å². The zero-order chi connectivity index (χ0) is 26.6. The van der Waals surface area contributed by atoms with Crippen LogP contribution in [-0.2, 0) is 14.8 Å². The molecule has 0 spiro atoms. The van der Waals surface area contributed by atoms with E-state index < -0.39 is 27.4 Å². The lowest BCUT2D eigenvalue weighted by atomic mass is 10.1. The van der Waals surface area contributed by atoms with Gasteiger partial charge in [0.1, 0.15) is 17.0 Å². The molecule has 14 heteroatoms. The van der Waals surface area contributed by atoms with E-state index in [1.165, 1.54) is 33.5 Å². The number of rotatable bonds is 10. The molecule has 194 valence electrons. The fraction of sp³-hybridized carbons (Fsp3) is 0.304. The summed E-state index contributed by atoms with van der Waals surface area (Å²) in [7, 11) is -1.19. The summed E-state index contributed by atoms with van der Waals surface area (Å²) in [6, 6.07) is 8.46. The van der Waals surface area contributed by atoms with Gasteiger partial charge in [-0.2, -0.15) is 0 Å². The molecule has 12 nitrogen and oxygen atoms in total. The van der Waals surface area contributed by atoms with Crippen LogP contribution in [0.25, 0.3) is 11.5 Å². The Kier molecular flexibility index (Phi) is 7.95. The molecule has 0 unspecified atom stereocenters. The van der Waals surface area contributed by atoms with Crippen LogP contribution in [0, 0.1) is 0 Å². The summed E-state index contributed by atoms with van der Waals surface area (Å²) in [5.74, 6) is 0.888. The summed E-state index contributed by atoms with van der Waals surface area (Å²) in [6.45, 7) is 3.37. The maximum atomic E-state index is 13.5. The fourth-order valence-electron chi connectivity index (χ4n) is 3.69. The molecule has 0 bridgehead atoms. The van der Waals surface area contributed by atoms with Gasteiger partial charge in [-0.3, -0.25) is 14.3 Å². The first-order chi connectivity index (χ1) is 17.7. The van der Waals surface area contributed by atoms with Crippen molar-refractivity contribution in [3.8, 4) is 17.4 Å². The molecule has 3 atom stereocenters. The second-order valence-corrected chi connectivity index (χ2v) is 10.5. The van der Waals surface area contributed by atoms with Gasteiger partial charge in [0.05, 0.1) is 18.2 Å². The van der Waals surface area contributed by atoms with E-state index in [1.807, 2.05) is 13.0 Å². The van der Waals surface area contributed by atoms with E-state index in [1.54, 1.807) is 41.2 Å². The largest absolute Gasteiger partial charge is 0.481 e. The molecule has 4 aromatic heterocycles. The van der Waals surface area contributed by atoms with Crippen molar-refractivity contribution in [2.24, 2.45) is 0 Å². The molecule has 0 aromatic carbocycles. The molecule has 4 aromatic rings. The number of ether oxygens (including phenoxy) is 2. The van der Waals surface area contributed by atoms with Crippen molar-refractivity contribution in [2.45, 2.75) is 31.2 Å². The quantitative estimate of drug-likeness (QED) is 0.315. The van der Waals surface area contributed by atoms with Gasteiger partial charge in [-0.1, -0.05) is 23.7 Å². The number of nitrogens with one attached hydrogen (secondary N) is 1. The van der Waals surface area contributed by atoms with Crippen molar-refractivity contribution >= 4 is 27.6 Å². The standard InChI is InChI=1S/C23H25ClN8O4S/c1-14(16-7-6-10-25-11-16)32-22(18-8-5-9-19(28-18)35-3)29-30-23(32)31-37(33,34)15(2)20(36-4)21-26-12-17(24)13-27-21/h5-15,20H,1-4H3,(H,30,31)/t14-,15-,20-/m0/s1. The van der Waals surface area contributed by atoms with Crippen molar-refractivity contribution in [3.63, 3.8) is 0 Å². The molecule has 0 aliphatic rings. The van der Waals surface area contributed by atoms with Crippen molar-refractivity contribution in [1.82, 2.24) is 34.7 Å². The third-order valence-corrected chi connectivity index (χ3v) is 7.60. The minimum absolute atomic E-state index is 0.00491. The SMILES string of the molecule is COc1cccc(-c2nnc(NS(=O)(=O)[C@@H](C)[C@H](OC)c3ncc(Cl)cn3)n2[C@@H](C)c2cccnc2)n1. The van der Waals surface area contributed by atoms with Crippen LogP contribution in [0.1, 0.15) is 37.4 Å². The summed E-state index contributed by atoms with van der Waals surface area (Å²) >= 11 is 5.87. The van der Waals surface area contributed by atoms with Gasteiger partial charge in [0, 0.05) is 38.0 Å². The Morgan fingerprint density at radius 3 is 2.43 bits per heavy atom. The van der Waals surface area contributed by atoms with Crippen LogP contribution in [0.2, 0.25) is 5.02 Å². The molecule has 0 aliphatic carbocycles. The van der Waals surface area contributed by atoms with Gasteiger partial charge in [-0.25, -0.2) is 23.4 Å². The Hall–Kier alpha value is -3.68. The van der Waals surface area contributed by atoms with E-state index in [-0.39, 0.29) is 11.8 Å². The maximum Gasteiger partial charge on any atom is 0.240 e.